The molecule has 2 rings (SSSR count). The van der Waals surface area contributed by atoms with Crippen LogP contribution >= 0.6 is 11.3 Å². The van der Waals surface area contributed by atoms with Gasteiger partial charge in [0.2, 0.25) is 0 Å². The van der Waals surface area contributed by atoms with Gasteiger partial charge in [-0.2, -0.15) is 0 Å². The third-order valence-corrected chi connectivity index (χ3v) is 5.12. The van der Waals surface area contributed by atoms with Crippen LogP contribution in [0.5, 0.6) is 0 Å². The lowest BCUT2D eigenvalue weighted by atomic mass is 10.0. The van der Waals surface area contributed by atoms with E-state index in [1.807, 2.05) is 11.3 Å². The minimum Gasteiger partial charge on any atom is -0.307 e. The predicted molar refractivity (Wildman–Crippen MR) is 84.8 cm³/mol. The second-order valence-electron chi connectivity index (χ2n) is 6.09. The molecule has 0 bridgehead atoms. The van der Waals surface area contributed by atoms with E-state index in [0.717, 1.165) is 6.54 Å². The fourth-order valence-corrected chi connectivity index (χ4v) is 3.89. The van der Waals surface area contributed by atoms with E-state index in [1.54, 1.807) is 0 Å². The molecule has 1 aliphatic heterocycles. The van der Waals surface area contributed by atoms with Gasteiger partial charge in [-0.05, 0) is 50.2 Å². The van der Waals surface area contributed by atoms with E-state index in [4.69, 9.17) is 0 Å². The van der Waals surface area contributed by atoms with Crippen LogP contribution in [0, 0.1) is 5.92 Å². The Morgan fingerprint density at radius 1 is 1.21 bits per heavy atom. The average molecular weight is 280 g/mol. The zero-order chi connectivity index (χ0) is 13.7. The molecule has 0 spiro atoms. The summed E-state index contributed by atoms with van der Waals surface area (Å²) in [6, 6.07) is 5.58. The van der Waals surface area contributed by atoms with Crippen molar-refractivity contribution in [3.05, 3.63) is 22.4 Å². The van der Waals surface area contributed by atoms with Gasteiger partial charge in [0.25, 0.3) is 0 Å². The number of nitrogens with one attached hydrogen (secondary N) is 1. The number of hydrogen-bond acceptors (Lipinski definition) is 3. The summed E-state index contributed by atoms with van der Waals surface area (Å²) in [6.07, 6.45) is 4.17. The van der Waals surface area contributed by atoms with Crippen molar-refractivity contribution in [2.24, 2.45) is 5.92 Å². The Bertz CT molecular complexity index is 342. The molecule has 1 fully saturated rings. The van der Waals surface area contributed by atoms with Crippen LogP contribution in [0.4, 0.5) is 0 Å². The summed E-state index contributed by atoms with van der Waals surface area (Å²) in [4.78, 5) is 4.11. The molecule has 0 amide bonds. The second kappa shape index (κ2) is 7.41. The topological polar surface area (TPSA) is 15.3 Å². The SMILES string of the molecule is CC(C)C(NCC(C)N1CCCCC1)c1cccs1. The molecule has 0 radical (unpaired) electrons. The molecule has 2 heterocycles. The summed E-state index contributed by atoms with van der Waals surface area (Å²) in [5, 5.41) is 5.97. The number of rotatable bonds is 6. The molecule has 0 aliphatic carbocycles. The maximum Gasteiger partial charge on any atom is 0.0438 e. The summed E-state index contributed by atoms with van der Waals surface area (Å²) < 4.78 is 0. The molecule has 2 unspecified atom stereocenters. The molecule has 2 atom stereocenters. The zero-order valence-corrected chi connectivity index (χ0v) is 13.4. The van der Waals surface area contributed by atoms with Gasteiger partial charge in [0.05, 0.1) is 0 Å². The number of nitrogens with zero attached hydrogens (tertiary/aromatic N) is 1. The average Bonchev–Trinajstić information content (AvgIpc) is 2.93. The van der Waals surface area contributed by atoms with E-state index >= 15 is 0 Å². The Labute approximate surface area is 122 Å². The van der Waals surface area contributed by atoms with Gasteiger partial charge >= 0.3 is 0 Å². The first-order valence-corrected chi connectivity index (χ1v) is 8.57. The maximum absolute atomic E-state index is 3.79. The molecule has 1 N–H and O–H groups in total. The Hall–Kier alpha value is -0.380. The van der Waals surface area contributed by atoms with Crippen molar-refractivity contribution < 1.29 is 0 Å². The fourth-order valence-electron chi connectivity index (χ4n) is 2.92. The quantitative estimate of drug-likeness (QED) is 0.850. The summed E-state index contributed by atoms with van der Waals surface area (Å²) >= 11 is 1.87. The Morgan fingerprint density at radius 2 is 1.95 bits per heavy atom. The first kappa shape index (κ1) is 15.0. The van der Waals surface area contributed by atoms with E-state index in [-0.39, 0.29) is 0 Å². The van der Waals surface area contributed by atoms with E-state index in [0.29, 0.717) is 18.0 Å². The van der Waals surface area contributed by atoms with Crippen LogP contribution in [-0.2, 0) is 0 Å². The van der Waals surface area contributed by atoms with E-state index < -0.39 is 0 Å². The first-order chi connectivity index (χ1) is 9.18. The summed E-state index contributed by atoms with van der Waals surface area (Å²) in [5.41, 5.74) is 0. The highest BCUT2D eigenvalue weighted by molar-refractivity contribution is 7.10. The second-order valence-corrected chi connectivity index (χ2v) is 7.07. The minimum absolute atomic E-state index is 0.507. The van der Waals surface area contributed by atoms with Crippen LogP contribution in [0.25, 0.3) is 0 Å². The highest BCUT2D eigenvalue weighted by Crippen LogP contribution is 2.25. The van der Waals surface area contributed by atoms with E-state index in [9.17, 15) is 0 Å². The lowest BCUT2D eigenvalue weighted by Crippen LogP contribution is -2.44. The van der Waals surface area contributed by atoms with Gasteiger partial charge in [-0.3, -0.25) is 4.90 Å². The van der Waals surface area contributed by atoms with Crippen molar-refractivity contribution in [1.29, 1.82) is 0 Å². The Balaban J connectivity index is 1.84. The molecule has 1 saturated heterocycles. The van der Waals surface area contributed by atoms with E-state index in [1.165, 1.54) is 37.2 Å². The molecule has 19 heavy (non-hydrogen) atoms. The van der Waals surface area contributed by atoms with Crippen molar-refractivity contribution >= 4 is 11.3 Å². The molecular weight excluding hydrogens is 252 g/mol. The standard InChI is InChI=1S/C16H28N2S/c1-13(2)16(15-8-7-11-19-15)17-12-14(3)18-9-5-4-6-10-18/h7-8,11,13-14,16-17H,4-6,9-10,12H2,1-3H3. The molecule has 0 saturated carbocycles. The summed E-state index contributed by atoms with van der Waals surface area (Å²) in [5.74, 6) is 0.646. The van der Waals surface area contributed by atoms with Crippen LogP contribution in [0.3, 0.4) is 0 Å². The van der Waals surface area contributed by atoms with Gasteiger partial charge in [0.15, 0.2) is 0 Å². The normalized spacial score (nSPS) is 20.6. The van der Waals surface area contributed by atoms with Gasteiger partial charge in [-0.25, -0.2) is 0 Å². The zero-order valence-electron chi connectivity index (χ0n) is 12.6. The number of likely N-dealkylation sites (tertiary alicyclic amines) is 1. The van der Waals surface area contributed by atoms with E-state index in [2.05, 4.69) is 48.5 Å². The lowest BCUT2D eigenvalue weighted by Gasteiger charge is -2.34. The number of piperidine rings is 1. The minimum atomic E-state index is 0.507. The van der Waals surface area contributed by atoms with Crippen molar-refractivity contribution in [3.63, 3.8) is 0 Å². The molecular formula is C16H28N2S. The van der Waals surface area contributed by atoms with Crippen LogP contribution in [0.1, 0.15) is 51.0 Å². The van der Waals surface area contributed by atoms with Crippen molar-refractivity contribution in [1.82, 2.24) is 10.2 Å². The van der Waals surface area contributed by atoms with Crippen molar-refractivity contribution in [3.8, 4) is 0 Å². The largest absolute Gasteiger partial charge is 0.307 e. The van der Waals surface area contributed by atoms with Crippen molar-refractivity contribution in [2.45, 2.75) is 52.1 Å². The molecule has 0 aromatic carbocycles. The van der Waals surface area contributed by atoms with Crippen LogP contribution in [0.2, 0.25) is 0 Å². The first-order valence-electron chi connectivity index (χ1n) is 7.69. The van der Waals surface area contributed by atoms with Crippen LogP contribution < -0.4 is 5.32 Å². The number of hydrogen-bond donors (Lipinski definition) is 1. The lowest BCUT2D eigenvalue weighted by molar-refractivity contribution is 0.165. The van der Waals surface area contributed by atoms with Gasteiger partial charge in [-0.15, -0.1) is 11.3 Å². The maximum atomic E-state index is 3.79. The Morgan fingerprint density at radius 3 is 2.53 bits per heavy atom. The summed E-state index contributed by atoms with van der Waals surface area (Å²) in [6.45, 7) is 10.7. The Kier molecular flexibility index (Phi) is 5.86. The van der Waals surface area contributed by atoms with Gasteiger partial charge in [0, 0.05) is 23.5 Å². The molecule has 3 heteroatoms. The number of thiophene rings is 1. The predicted octanol–water partition coefficient (Wildman–Crippen LogP) is 3.91. The highest BCUT2D eigenvalue weighted by atomic mass is 32.1. The smallest absolute Gasteiger partial charge is 0.0438 e. The third-order valence-electron chi connectivity index (χ3n) is 4.16. The van der Waals surface area contributed by atoms with Crippen molar-refractivity contribution in [2.75, 3.05) is 19.6 Å². The van der Waals surface area contributed by atoms with Gasteiger partial charge < -0.3 is 5.32 Å². The third kappa shape index (κ3) is 4.30. The van der Waals surface area contributed by atoms with Crippen LogP contribution in [-0.4, -0.2) is 30.6 Å². The fraction of sp³-hybridized carbons (Fsp3) is 0.750. The molecule has 1 aliphatic rings. The monoisotopic (exact) mass is 280 g/mol. The van der Waals surface area contributed by atoms with Gasteiger partial charge in [0.1, 0.15) is 0 Å². The molecule has 2 nitrogen and oxygen atoms in total. The molecule has 108 valence electrons. The van der Waals surface area contributed by atoms with Gasteiger partial charge in [-0.1, -0.05) is 26.3 Å². The molecule has 1 aromatic rings. The summed E-state index contributed by atoms with van der Waals surface area (Å²) in [7, 11) is 0. The van der Waals surface area contributed by atoms with Crippen LogP contribution in [0.15, 0.2) is 17.5 Å². The molecule has 1 aromatic heterocycles. The highest BCUT2D eigenvalue weighted by Gasteiger charge is 2.20.